The number of hydrogen-bond donors (Lipinski definition) is 1. The summed E-state index contributed by atoms with van der Waals surface area (Å²) < 4.78 is 6.64. The van der Waals surface area contributed by atoms with Crippen molar-refractivity contribution in [2.24, 2.45) is 0 Å². The topological polar surface area (TPSA) is 56.1 Å². The van der Waals surface area contributed by atoms with Gasteiger partial charge < -0.3 is 10.1 Å². The van der Waals surface area contributed by atoms with Crippen LogP contribution >= 0.6 is 0 Å². The number of methoxy groups -OCH3 is 1. The Kier molecular flexibility index (Phi) is 4.58. The third kappa shape index (κ3) is 3.53. The Hall–Kier alpha value is -3.60. The zero-order valence-corrected chi connectivity index (χ0v) is 14.9. The van der Waals surface area contributed by atoms with Gasteiger partial charge in [0.2, 0.25) is 0 Å². The molecule has 0 aliphatic rings. The quantitative estimate of drug-likeness (QED) is 0.582. The molecule has 4 rings (SSSR count). The molecule has 1 aromatic heterocycles. The molecule has 0 aliphatic carbocycles. The van der Waals surface area contributed by atoms with E-state index in [1.165, 1.54) is 4.68 Å². The minimum Gasteiger partial charge on any atom is -0.497 e. The van der Waals surface area contributed by atoms with Crippen LogP contribution in [-0.2, 0) is 6.54 Å². The van der Waals surface area contributed by atoms with Crippen molar-refractivity contribution in [3.63, 3.8) is 0 Å². The van der Waals surface area contributed by atoms with Gasteiger partial charge in [0.25, 0.3) is 5.56 Å². The van der Waals surface area contributed by atoms with Crippen molar-refractivity contribution in [3.05, 3.63) is 94.9 Å². The molecule has 1 heterocycles. The Morgan fingerprint density at radius 1 is 0.963 bits per heavy atom. The maximum atomic E-state index is 12.9. The zero-order chi connectivity index (χ0) is 18.6. The van der Waals surface area contributed by atoms with Crippen LogP contribution in [0.25, 0.3) is 10.8 Å². The molecule has 0 amide bonds. The fourth-order valence-electron chi connectivity index (χ4n) is 3.08. The molecule has 3 aromatic carbocycles. The van der Waals surface area contributed by atoms with E-state index in [4.69, 9.17) is 4.74 Å². The van der Waals surface area contributed by atoms with E-state index in [9.17, 15) is 4.79 Å². The molecule has 0 saturated heterocycles. The Bertz CT molecular complexity index is 1130. The molecular formula is C22H19N3O2. The Labute approximate surface area is 156 Å². The van der Waals surface area contributed by atoms with E-state index in [0.717, 1.165) is 27.8 Å². The lowest BCUT2D eigenvalue weighted by Gasteiger charge is -2.11. The van der Waals surface area contributed by atoms with Crippen LogP contribution in [0.1, 0.15) is 5.56 Å². The smallest absolute Gasteiger partial charge is 0.290 e. The largest absolute Gasteiger partial charge is 0.497 e. The van der Waals surface area contributed by atoms with Crippen LogP contribution in [0.3, 0.4) is 0 Å². The normalized spacial score (nSPS) is 10.7. The summed E-state index contributed by atoms with van der Waals surface area (Å²) in [6.07, 6.45) is 1.64. The molecule has 1 N–H and O–H groups in total. The van der Waals surface area contributed by atoms with Gasteiger partial charge in [0.15, 0.2) is 0 Å². The average molecular weight is 357 g/mol. The number of rotatable bonds is 5. The maximum absolute atomic E-state index is 12.9. The van der Waals surface area contributed by atoms with Crippen LogP contribution in [-0.4, -0.2) is 16.9 Å². The average Bonchev–Trinajstić information content (AvgIpc) is 2.72. The van der Waals surface area contributed by atoms with Crippen molar-refractivity contribution in [2.45, 2.75) is 6.54 Å². The highest BCUT2D eigenvalue weighted by molar-refractivity contribution is 5.85. The van der Waals surface area contributed by atoms with Crippen molar-refractivity contribution >= 4 is 22.1 Å². The summed E-state index contributed by atoms with van der Waals surface area (Å²) in [6, 6.07) is 23.4. The molecule has 0 spiro atoms. The number of aromatic nitrogens is 2. The van der Waals surface area contributed by atoms with Gasteiger partial charge in [-0.2, -0.15) is 5.10 Å². The third-order valence-electron chi connectivity index (χ3n) is 4.48. The molecular weight excluding hydrogens is 338 g/mol. The summed E-state index contributed by atoms with van der Waals surface area (Å²) in [4.78, 5) is 12.9. The lowest BCUT2D eigenvalue weighted by atomic mass is 10.0. The van der Waals surface area contributed by atoms with Crippen molar-refractivity contribution in [3.8, 4) is 5.75 Å². The summed E-state index contributed by atoms with van der Waals surface area (Å²) in [6.45, 7) is 0.415. The number of ether oxygens (including phenoxy) is 1. The molecule has 0 fully saturated rings. The second-order valence-corrected chi connectivity index (χ2v) is 6.20. The highest BCUT2D eigenvalue weighted by Crippen LogP contribution is 2.20. The van der Waals surface area contributed by atoms with Gasteiger partial charge in [0, 0.05) is 11.9 Å². The van der Waals surface area contributed by atoms with Crippen LogP contribution in [0.15, 0.2) is 83.8 Å². The molecule has 0 radical (unpaired) electrons. The van der Waals surface area contributed by atoms with E-state index < -0.39 is 0 Å². The van der Waals surface area contributed by atoms with Crippen molar-refractivity contribution in [1.82, 2.24) is 9.78 Å². The maximum Gasteiger partial charge on any atom is 0.290 e. The third-order valence-corrected chi connectivity index (χ3v) is 4.48. The minimum atomic E-state index is -0.166. The van der Waals surface area contributed by atoms with E-state index in [0.29, 0.717) is 12.2 Å². The molecule has 0 bridgehead atoms. The van der Waals surface area contributed by atoms with E-state index >= 15 is 0 Å². The number of anilines is 2. The van der Waals surface area contributed by atoms with Gasteiger partial charge in [-0.25, -0.2) is 4.68 Å². The van der Waals surface area contributed by atoms with E-state index in [1.807, 2.05) is 48.5 Å². The predicted octanol–water partition coefficient (Wildman–Crippen LogP) is 4.20. The first kappa shape index (κ1) is 16.8. The van der Waals surface area contributed by atoms with Gasteiger partial charge in [-0.05, 0) is 46.7 Å². The first-order valence-corrected chi connectivity index (χ1v) is 8.68. The second kappa shape index (κ2) is 7.33. The van der Waals surface area contributed by atoms with Crippen molar-refractivity contribution < 1.29 is 4.74 Å². The summed E-state index contributed by atoms with van der Waals surface area (Å²) >= 11 is 0. The number of nitrogens with zero attached hydrogens (tertiary/aromatic N) is 2. The van der Waals surface area contributed by atoms with Crippen molar-refractivity contribution in [2.75, 3.05) is 12.4 Å². The van der Waals surface area contributed by atoms with Gasteiger partial charge in [-0.1, -0.05) is 42.5 Å². The first-order valence-electron chi connectivity index (χ1n) is 8.68. The van der Waals surface area contributed by atoms with Crippen LogP contribution in [0.5, 0.6) is 5.75 Å². The van der Waals surface area contributed by atoms with Crippen LogP contribution in [0.4, 0.5) is 11.4 Å². The van der Waals surface area contributed by atoms with Crippen LogP contribution < -0.4 is 15.6 Å². The molecule has 27 heavy (non-hydrogen) atoms. The molecule has 0 aliphatic heterocycles. The standard InChI is InChI=1S/C22H19N3O2/c1-27-19-11-9-18(10-12-19)24-21-13-14-23-25(22(21)26)15-17-7-4-6-16-5-2-3-8-20(16)17/h2-14,24H,15H2,1H3. The number of hydrogen-bond acceptors (Lipinski definition) is 4. The van der Waals surface area contributed by atoms with Crippen LogP contribution in [0, 0.1) is 0 Å². The fraction of sp³-hybridized carbons (Fsp3) is 0.0909. The van der Waals surface area contributed by atoms with Gasteiger partial charge in [0.05, 0.1) is 13.7 Å². The molecule has 5 nitrogen and oxygen atoms in total. The molecule has 0 saturated carbocycles. The fourth-order valence-corrected chi connectivity index (χ4v) is 3.08. The van der Waals surface area contributed by atoms with Gasteiger partial charge in [-0.3, -0.25) is 4.79 Å². The number of fused-ring (bicyclic) bond motifs is 1. The summed E-state index contributed by atoms with van der Waals surface area (Å²) in [5.74, 6) is 0.767. The number of nitrogens with one attached hydrogen (secondary N) is 1. The number of benzene rings is 3. The molecule has 0 unspecified atom stereocenters. The van der Waals surface area contributed by atoms with Gasteiger partial charge in [-0.15, -0.1) is 0 Å². The lowest BCUT2D eigenvalue weighted by molar-refractivity contribution is 0.415. The minimum absolute atomic E-state index is 0.166. The summed E-state index contributed by atoms with van der Waals surface area (Å²) in [5.41, 5.74) is 2.19. The summed E-state index contributed by atoms with van der Waals surface area (Å²) in [5, 5.41) is 9.69. The monoisotopic (exact) mass is 357 g/mol. The molecule has 4 aromatic rings. The Balaban J connectivity index is 1.64. The molecule has 134 valence electrons. The Morgan fingerprint density at radius 2 is 1.74 bits per heavy atom. The van der Waals surface area contributed by atoms with Crippen molar-refractivity contribution in [1.29, 1.82) is 0 Å². The zero-order valence-electron chi connectivity index (χ0n) is 14.9. The van der Waals surface area contributed by atoms with Gasteiger partial charge in [0.1, 0.15) is 11.4 Å². The first-order chi connectivity index (χ1) is 13.2. The molecule has 0 atom stereocenters. The van der Waals surface area contributed by atoms with Gasteiger partial charge >= 0.3 is 0 Å². The van der Waals surface area contributed by atoms with Crippen LogP contribution in [0.2, 0.25) is 0 Å². The van der Waals surface area contributed by atoms with E-state index in [2.05, 4.69) is 28.6 Å². The lowest BCUT2D eigenvalue weighted by Crippen LogP contribution is -2.25. The summed E-state index contributed by atoms with van der Waals surface area (Å²) in [7, 11) is 1.62. The molecule has 5 heteroatoms. The highest BCUT2D eigenvalue weighted by atomic mass is 16.5. The highest BCUT2D eigenvalue weighted by Gasteiger charge is 2.08. The Morgan fingerprint density at radius 3 is 2.56 bits per heavy atom. The predicted molar refractivity (Wildman–Crippen MR) is 108 cm³/mol. The SMILES string of the molecule is COc1ccc(Nc2ccnn(Cc3cccc4ccccc34)c2=O)cc1. The second-order valence-electron chi connectivity index (χ2n) is 6.20. The van der Waals surface area contributed by atoms with E-state index in [-0.39, 0.29) is 5.56 Å². The van der Waals surface area contributed by atoms with E-state index in [1.54, 1.807) is 19.4 Å².